The van der Waals surface area contributed by atoms with Crippen molar-refractivity contribution in [3.05, 3.63) is 71.8 Å². The Labute approximate surface area is 198 Å². The summed E-state index contributed by atoms with van der Waals surface area (Å²) in [6.45, 7) is 5.69. The van der Waals surface area contributed by atoms with Gasteiger partial charge in [-0.1, -0.05) is 18.2 Å². The highest BCUT2D eigenvalue weighted by atomic mass is 19.1. The van der Waals surface area contributed by atoms with Gasteiger partial charge in [-0.3, -0.25) is 14.4 Å². The maximum Gasteiger partial charge on any atom is 0.256 e. The van der Waals surface area contributed by atoms with Gasteiger partial charge in [-0.25, -0.2) is 4.39 Å². The molecule has 176 valence electrons. The van der Waals surface area contributed by atoms with E-state index in [4.69, 9.17) is 0 Å². The highest BCUT2D eigenvalue weighted by molar-refractivity contribution is 6.27. The summed E-state index contributed by atoms with van der Waals surface area (Å²) in [5.41, 5.74) is 4.87. The van der Waals surface area contributed by atoms with E-state index in [0.717, 1.165) is 38.4 Å². The van der Waals surface area contributed by atoms with Crippen molar-refractivity contribution in [2.45, 2.75) is 6.54 Å². The Balaban J connectivity index is 1.30. The van der Waals surface area contributed by atoms with Gasteiger partial charge < -0.3 is 15.5 Å². The average molecular weight is 461 g/mol. The van der Waals surface area contributed by atoms with Crippen molar-refractivity contribution < 1.29 is 9.18 Å². The Morgan fingerprint density at radius 1 is 1.09 bits per heavy atom. The summed E-state index contributed by atoms with van der Waals surface area (Å²) in [5.74, 6) is -0.560. The van der Waals surface area contributed by atoms with E-state index in [-0.39, 0.29) is 11.7 Å². The van der Waals surface area contributed by atoms with Gasteiger partial charge in [-0.15, -0.1) is 0 Å². The van der Waals surface area contributed by atoms with Gasteiger partial charge in [0.2, 0.25) is 0 Å². The van der Waals surface area contributed by atoms with Gasteiger partial charge in [0.25, 0.3) is 5.91 Å². The second-order valence-corrected chi connectivity index (χ2v) is 9.01. The summed E-state index contributed by atoms with van der Waals surface area (Å²) in [6.07, 6.45) is 5.22. The molecule has 7 nitrogen and oxygen atoms in total. The van der Waals surface area contributed by atoms with E-state index < -0.39 is 0 Å². The van der Waals surface area contributed by atoms with Gasteiger partial charge in [0, 0.05) is 86.2 Å². The number of hydrogen-bond donors (Lipinski definition) is 2. The molecule has 0 spiro atoms. The lowest BCUT2D eigenvalue weighted by molar-refractivity contribution is -0.111. The molecule has 3 aromatic rings. The normalized spacial score (nSPS) is 16.5. The Bertz CT molecular complexity index is 1220. The fraction of sp³-hybridized carbons (Fsp3) is 0.308. The number of hydrogen-bond acceptors (Lipinski definition) is 5. The molecule has 0 saturated carbocycles. The lowest BCUT2D eigenvalue weighted by Crippen LogP contribution is -2.43. The van der Waals surface area contributed by atoms with Crippen LogP contribution >= 0.6 is 0 Å². The zero-order chi connectivity index (χ0) is 23.7. The zero-order valence-electron chi connectivity index (χ0n) is 19.5. The summed E-state index contributed by atoms with van der Waals surface area (Å²) in [5, 5.41) is 10.3. The van der Waals surface area contributed by atoms with Gasteiger partial charge >= 0.3 is 0 Å². The van der Waals surface area contributed by atoms with Crippen LogP contribution in [0.25, 0.3) is 16.7 Å². The highest BCUT2D eigenvalue weighted by Gasteiger charge is 2.22. The first-order valence-electron chi connectivity index (χ1n) is 11.5. The number of anilines is 2. The van der Waals surface area contributed by atoms with Gasteiger partial charge in [0.1, 0.15) is 5.82 Å². The summed E-state index contributed by atoms with van der Waals surface area (Å²) in [7, 11) is 3.94. The molecule has 3 heterocycles. The summed E-state index contributed by atoms with van der Waals surface area (Å²) >= 11 is 0. The molecule has 0 aliphatic carbocycles. The Morgan fingerprint density at radius 2 is 1.85 bits per heavy atom. The number of nitrogens with one attached hydrogen (secondary N) is 2. The fourth-order valence-electron chi connectivity index (χ4n) is 4.47. The Morgan fingerprint density at radius 3 is 2.56 bits per heavy atom. The number of nitrogens with zero attached hydrogens (tertiary/aromatic N) is 4. The van der Waals surface area contributed by atoms with Crippen molar-refractivity contribution in [3.8, 4) is 11.1 Å². The van der Waals surface area contributed by atoms with Crippen molar-refractivity contribution in [2.24, 2.45) is 7.05 Å². The van der Waals surface area contributed by atoms with Crippen molar-refractivity contribution in [1.82, 2.24) is 19.6 Å². The van der Waals surface area contributed by atoms with Crippen molar-refractivity contribution in [2.75, 3.05) is 50.4 Å². The van der Waals surface area contributed by atoms with E-state index in [1.807, 2.05) is 18.2 Å². The second-order valence-electron chi connectivity index (χ2n) is 9.01. The van der Waals surface area contributed by atoms with Crippen LogP contribution < -0.4 is 10.6 Å². The molecule has 34 heavy (non-hydrogen) atoms. The number of aromatic nitrogens is 2. The molecule has 2 aliphatic heterocycles. The highest BCUT2D eigenvalue weighted by Crippen LogP contribution is 2.35. The maximum absolute atomic E-state index is 14.8. The lowest BCUT2D eigenvalue weighted by atomic mass is 9.95. The monoisotopic (exact) mass is 460 g/mol. The van der Waals surface area contributed by atoms with E-state index in [2.05, 4.69) is 44.7 Å². The number of carbonyl (C=O) groups excluding carboxylic acids is 1. The molecule has 2 aliphatic rings. The van der Waals surface area contributed by atoms with E-state index in [9.17, 15) is 9.18 Å². The predicted molar refractivity (Wildman–Crippen MR) is 133 cm³/mol. The number of amides is 1. The minimum atomic E-state index is -0.350. The SMILES string of the molecule is CN1CCN(Cc2ccc(NC(=O)C3=CCNc4cc(F)c(-c5cnn(C)c5)cc43)cc2)CC1. The van der Waals surface area contributed by atoms with Gasteiger partial charge in [0.15, 0.2) is 0 Å². The molecule has 0 atom stereocenters. The third-order valence-electron chi connectivity index (χ3n) is 6.47. The summed E-state index contributed by atoms with van der Waals surface area (Å²) in [4.78, 5) is 18.0. The van der Waals surface area contributed by atoms with Crippen LogP contribution in [0.2, 0.25) is 0 Å². The number of aryl methyl sites for hydroxylation is 1. The number of likely N-dealkylation sites (N-methyl/N-ethyl adjacent to an activating group) is 1. The predicted octanol–water partition coefficient (Wildman–Crippen LogP) is 3.42. The molecule has 1 fully saturated rings. The van der Waals surface area contributed by atoms with Crippen LogP contribution in [0.3, 0.4) is 0 Å². The maximum atomic E-state index is 14.8. The average Bonchev–Trinajstić information content (AvgIpc) is 3.27. The quantitative estimate of drug-likeness (QED) is 0.611. The molecule has 8 heteroatoms. The van der Waals surface area contributed by atoms with Crippen LogP contribution in [0, 0.1) is 5.82 Å². The molecule has 0 radical (unpaired) electrons. The van der Waals surface area contributed by atoms with Gasteiger partial charge in [-0.05, 0) is 36.9 Å². The second kappa shape index (κ2) is 9.40. The smallest absolute Gasteiger partial charge is 0.256 e. The van der Waals surface area contributed by atoms with Crippen LogP contribution in [-0.2, 0) is 18.4 Å². The molecule has 0 unspecified atom stereocenters. The Hall–Kier alpha value is -3.49. The minimum Gasteiger partial charge on any atom is -0.381 e. The number of benzene rings is 2. The fourth-order valence-corrected chi connectivity index (χ4v) is 4.47. The van der Waals surface area contributed by atoms with Crippen molar-refractivity contribution in [3.63, 3.8) is 0 Å². The van der Waals surface area contributed by atoms with Crippen molar-refractivity contribution >= 4 is 22.9 Å². The first kappa shape index (κ1) is 22.3. The van der Waals surface area contributed by atoms with Gasteiger partial charge in [0.05, 0.1) is 6.20 Å². The van der Waals surface area contributed by atoms with E-state index in [1.165, 1.54) is 11.6 Å². The topological polar surface area (TPSA) is 65.4 Å². The first-order valence-corrected chi connectivity index (χ1v) is 11.5. The number of rotatable bonds is 5. The first-order chi connectivity index (χ1) is 16.5. The van der Waals surface area contributed by atoms with Crippen molar-refractivity contribution in [1.29, 1.82) is 0 Å². The molecule has 5 rings (SSSR count). The number of carbonyl (C=O) groups is 1. The van der Waals surface area contributed by atoms with Crippen LogP contribution in [-0.4, -0.2) is 65.3 Å². The summed E-state index contributed by atoms with van der Waals surface area (Å²) < 4.78 is 16.4. The lowest BCUT2D eigenvalue weighted by Gasteiger charge is -2.32. The zero-order valence-corrected chi connectivity index (χ0v) is 19.5. The number of halogens is 1. The van der Waals surface area contributed by atoms with Crippen LogP contribution in [0.1, 0.15) is 11.1 Å². The molecule has 2 N–H and O–H groups in total. The van der Waals surface area contributed by atoms with E-state index >= 15 is 0 Å². The van der Waals surface area contributed by atoms with Crippen LogP contribution in [0.5, 0.6) is 0 Å². The van der Waals surface area contributed by atoms with Crippen LogP contribution in [0.4, 0.5) is 15.8 Å². The third-order valence-corrected chi connectivity index (χ3v) is 6.47. The largest absolute Gasteiger partial charge is 0.381 e. The van der Waals surface area contributed by atoms with Gasteiger partial charge in [-0.2, -0.15) is 5.10 Å². The molecule has 1 aromatic heterocycles. The third kappa shape index (κ3) is 4.73. The summed E-state index contributed by atoms with van der Waals surface area (Å²) in [6, 6.07) is 11.2. The molecular weight excluding hydrogens is 431 g/mol. The van der Waals surface area contributed by atoms with E-state index in [0.29, 0.717) is 34.5 Å². The number of fused-ring (bicyclic) bond motifs is 1. The Kier molecular flexibility index (Phi) is 6.17. The molecule has 1 amide bonds. The van der Waals surface area contributed by atoms with Crippen LogP contribution in [0.15, 0.2) is 54.9 Å². The minimum absolute atomic E-state index is 0.210. The standard InChI is InChI=1S/C26H29FN6O/c1-31-9-11-33(12-10-31)16-18-3-5-20(6-4-18)30-26(34)21-7-8-28-25-14-24(27)22(13-23(21)25)19-15-29-32(2)17-19/h3-7,13-15,17,28H,8-12,16H2,1-2H3,(H,30,34). The molecule has 1 saturated heterocycles. The molecule has 0 bridgehead atoms. The number of piperazine rings is 1. The molecule has 2 aromatic carbocycles. The van der Waals surface area contributed by atoms with E-state index in [1.54, 1.807) is 30.2 Å². The molecular formula is C26H29FN6O.